The van der Waals surface area contributed by atoms with Gasteiger partial charge in [-0.2, -0.15) is 4.98 Å². The molecule has 0 saturated carbocycles. The predicted molar refractivity (Wildman–Crippen MR) is 62.3 cm³/mol. The van der Waals surface area contributed by atoms with E-state index in [1.165, 1.54) is 0 Å². The van der Waals surface area contributed by atoms with Gasteiger partial charge < -0.3 is 9.63 Å². The number of carboxylic acid groups (broad SMARTS) is 1. The van der Waals surface area contributed by atoms with Crippen LogP contribution >= 0.6 is 23.1 Å². The molecule has 0 saturated heterocycles. The summed E-state index contributed by atoms with van der Waals surface area (Å²) in [4.78, 5) is 18.7. The van der Waals surface area contributed by atoms with Crippen molar-refractivity contribution in [3.63, 3.8) is 0 Å². The van der Waals surface area contributed by atoms with E-state index in [1.807, 2.05) is 12.3 Å². The van der Waals surface area contributed by atoms with Crippen LogP contribution in [0.5, 0.6) is 0 Å². The van der Waals surface area contributed by atoms with Crippen LogP contribution in [0, 0.1) is 6.92 Å². The quantitative estimate of drug-likeness (QED) is 0.826. The number of thioether (sulfide) groups is 1. The van der Waals surface area contributed by atoms with E-state index in [2.05, 4.69) is 15.1 Å². The van der Waals surface area contributed by atoms with E-state index in [0.29, 0.717) is 12.2 Å². The Morgan fingerprint density at radius 3 is 3.06 bits per heavy atom. The molecular weight excluding hydrogens is 262 g/mol. The summed E-state index contributed by atoms with van der Waals surface area (Å²) in [5, 5.41) is 15.5. The third-order valence-corrected chi connectivity index (χ3v) is 3.40. The minimum absolute atomic E-state index is 0.0859. The number of nitrogens with zero attached hydrogens (tertiary/aromatic N) is 3. The summed E-state index contributed by atoms with van der Waals surface area (Å²) in [5.74, 6) is -0.481. The summed E-state index contributed by atoms with van der Waals surface area (Å²) in [7, 11) is 0. The summed E-state index contributed by atoms with van der Waals surface area (Å²) >= 11 is 2.57. The fourth-order valence-electron chi connectivity index (χ4n) is 1.14. The van der Waals surface area contributed by atoms with Crippen molar-refractivity contribution in [3.8, 4) is 0 Å². The van der Waals surface area contributed by atoms with Crippen molar-refractivity contribution >= 4 is 29.1 Å². The minimum Gasteiger partial charge on any atom is -0.481 e. The summed E-state index contributed by atoms with van der Waals surface area (Å²) in [5.41, 5.74) is 0.892. The fraction of sp³-hybridized carbons (Fsp3) is 0.333. The first-order valence-corrected chi connectivity index (χ1v) is 6.58. The number of aryl methyl sites for hydroxylation is 1. The lowest BCUT2D eigenvalue weighted by Crippen LogP contribution is -1.97. The first-order chi connectivity index (χ1) is 8.13. The van der Waals surface area contributed by atoms with Gasteiger partial charge in [0.2, 0.25) is 0 Å². The van der Waals surface area contributed by atoms with Crippen LogP contribution in [0.1, 0.15) is 16.5 Å². The zero-order chi connectivity index (χ0) is 12.3. The SMILES string of the molecule is Cc1nc(Cc2noc(SCC(=O)O)n2)cs1. The molecule has 2 aromatic rings. The van der Waals surface area contributed by atoms with Gasteiger partial charge in [-0.3, -0.25) is 4.79 Å². The zero-order valence-corrected chi connectivity index (χ0v) is 10.5. The third kappa shape index (κ3) is 3.53. The van der Waals surface area contributed by atoms with E-state index < -0.39 is 5.97 Å². The lowest BCUT2D eigenvalue weighted by molar-refractivity contribution is -0.133. The van der Waals surface area contributed by atoms with Crippen molar-refractivity contribution in [3.05, 3.63) is 21.9 Å². The lowest BCUT2D eigenvalue weighted by Gasteiger charge is -1.88. The van der Waals surface area contributed by atoms with E-state index in [1.54, 1.807) is 11.3 Å². The molecule has 17 heavy (non-hydrogen) atoms. The number of hydrogen-bond donors (Lipinski definition) is 1. The van der Waals surface area contributed by atoms with Gasteiger partial charge in [-0.05, 0) is 6.92 Å². The van der Waals surface area contributed by atoms with Crippen LogP contribution in [0.3, 0.4) is 0 Å². The van der Waals surface area contributed by atoms with Gasteiger partial charge in [0.1, 0.15) is 5.75 Å². The molecule has 0 unspecified atom stereocenters. The molecule has 0 aliphatic carbocycles. The molecule has 90 valence electrons. The second-order valence-electron chi connectivity index (χ2n) is 3.19. The predicted octanol–water partition coefficient (Wildman–Crippen LogP) is 1.60. The van der Waals surface area contributed by atoms with Crippen molar-refractivity contribution in [1.29, 1.82) is 0 Å². The van der Waals surface area contributed by atoms with Gasteiger partial charge in [-0.25, -0.2) is 4.98 Å². The van der Waals surface area contributed by atoms with Gasteiger partial charge in [0.05, 0.1) is 17.1 Å². The van der Waals surface area contributed by atoms with E-state index in [-0.39, 0.29) is 11.0 Å². The number of aliphatic carboxylic acids is 1. The van der Waals surface area contributed by atoms with Gasteiger partial charge in [-0.1, -0.05) is 16.9 Å². The largest absolute Gasteiger partial charge is 0.481 e. The third-order valence-electron chi connectivity index (χ3n) is 1.77. The molecule has 0 spiro atoms. The molecule has 0 aliphatic heterocycles. The van der Waals surface area contributed by atoms with Gasteiger partial charge >= 0.3 is 5.97 Å². The van der Waals surface area contributed by atoms with Crippen LogP contribution in [0.15, 0.2) is 15.1 Å². The summed E-state index contributed by atoms with van der Waals surface area (Å²) in [6, 6.07) is 0. The van der Waals surface area contributed by atoms with E-state index in [0.717, 1.165) is 22.5 Å². The van der Waals surface area contributed by atoms with Gasteiger partial charge in [-0.15, -0.1) is 11.3 Å². The molecular formula is C9H9N3O3S2. The maximum atomic E-state index is 10.4. The second-order valence-corrected chi connectivity index (χ2v) is 5.18. The first-order valence-electron chi connectivity index (χ1n) is 4.71. The zero-order valence-electron chi connectivity index (χ0n) is 8.91. The molecule has 1 N–H and O–H groups in total. The second kappa shape index (κ2) is 5.28. The maximum absolute atomic E-state index is 10.4. The van der Waals surface area contributed by atoms with Crippen LogP contribution in [0.25, 0.3) is 0 Å². The molecule has 0 amide bonds. The average Bonchev–Trinajstić information content (AvgIpc) is 2.86. The Labute approximate surface area is 105 Å². The Morgan fingerprint density at radius 1 is 1.59 bits per heavy atom. The lowest BCUT2D eigenvalue weighted by atomic mass is 10.3. The summed E-state index contributed by atoms with van der Waals surface area (Å²) < 4.78 is 4.91. The van der Waals surface area contributed by atoms with Gasteiger partial charge in [0, 0.05) is 5.38 Å². The average molecular weight is 271 g/mol. The maximum Gasteiger partial charge on any atom is 0.314 e. The Morgan fingerprint density at radius 2 is 2.41 bits per heavy atom. The van der Waals surface area contributed by atoms with Crippen molar-refractivity contribution < 1.29 is 14.4 Å². The number of aromatic nitrogens is 3. The van der Waals surface area contributed by atoms with Crippen LogP contribution in [0.2, 0.25) is 0 Å². The molecule has 2 heterocycles. The molecule has 0 aromatic carbocycles. The van der Waals surface area contributed by atoms with Crippen molar-refractivity contribution in [2.24, 2.45) is 0 Å². The molecule has 0 radical (unpaired) electrons. The summed E-state index contributed by atoms with van der Waals surface area (Å²) in [6.45, 7) is 1.93. The normalized spacial score (nSPS) is 10.6. The van der Waals surface area contributed by atoms with E-state index in [9.17, 15) is 4.79 Å². The fourth-order valence-corrected chi connectivity index (χ4v) is 2.26. The molecule has 0 atom stereocenters. The number of hydrogen-bond acceptors (Lipinski definition) is 7. The summed E-state index contributed by atoms with van der Waals surface area (Å²) in [6.07, 6.45) is 0.501. The number of carboxylic acids is 1. The highest BCUT2D eigenvalue weighted by molar-refractivity contribution is 7.99. The highest BCUT2D eigenvalue weighted by Gasteiger charge is 2.10. The Bertz CT molecular complexity index is 523. The van der Waals surface area contributed by atoms with Gasteiger partial charge in [0.15, 0.2) is 5.82 Å². The van der Waals surface area contributed by atoms with Crippen molar-refractivity contribution in [2.45, 2.75) is 18.6 Å². The smallest absolute Gasteiger partial charge is 0.314 e. The monoisotopic (exact) mass is 271 g/mol. The molecule has 2 rings (SSSR count). The van der Waals surface area contributed by atoms with Crippen LogP contribution in [0.4, 0.5) is 0 Å². The highest BCUT2D eigenvalue weighted by atomic mass is 32.2. The standard InChI is InChI=1S/C9H9N3O3S2/c1-5-10-6(3-16-5)2-7-11-9(15-12-7)17-4-8(13)14/h3H,2,4H2,1H3,(H,13,14). The van der Waals surface area contributed by atoms with Crippen LogP contribution < -0.4 is 0 Å². The molecule has 6 nitrogen and oxygen atoms in total. The Kier molecular flexibility index (Phi) is 3.75. The van der Waals surface area contributed by atoms with Crippen molar-refractivity contribution in [2.75, 3.05) is 5.75 Å². The number of carbonyl (C=O) groups is 1. The van der Waals surface area contributed by atoms with Crippen molar-refractivity contribution in [1.82, 2.24) is 15.1 Å². The van der Waals surface area contributed by atoms with Crippen LogP contribution in [-0.2, 0) is 11.2 Å². The Balaban J connectivity index is 1.96. The van der Waals surface area contributed by atoms with E-state index >= 15 is 0 Å². The minimum atomic E-state index is -0.912. The number of thiazole rings is 1. The highest BCUT2D eigenvalue weighted by Crippen LogP contribution is 2.17. The topological polar surface area (TPSA) is 89.1 Å². The number of rotatable bonds is 5. The van der Waals surface area contributed by atoms with Gasteiger partial charge in [0.25, 0.3) is 5.22 Å². The molecule has 8 heteroatoms. The first kappa shape index (κ1) is 12.1. The Hall–Kier alpha value is -1.41. The molecule has 0 fully saturated rings. The molecule has 0 aliphatic rings. The molecule has 2 aromatic heterocycles. The molecule has 0 bridgehead atoms. The van der Waals surface area contributed by atoms with E-state index in [4.69, 9.17) is 9.63 Å². The van der Waals surface area contributed by atoms with Crippen LogP contribution in [-0.4, -0.2) is 32.0 Å².